The number of carbonyl (C=O) groups is 1. The Labute approximate surface area is 212 Å². The zero-order valence-corrected chi connectivity index (χ0v) is 22.5. The SMILES string of the molecule is CCOc1ccccc1N(CC(=O)Nc1nnc(SC(C)C)s1)S(=O)(=O)c1ccc(SC)cc1. The van der Waals surface area contributed by atoms with Crippen LogP contribution in [0, 0.1) is 0 Å². The number of benzene rings is 2. The van der Waals surface area contributed by atoms with Crippen molar-refractivity contribution >= 4 is 61.6 Å². The van der Waals surface area contributed by atoms with E-state index in [9.17, 15) is 13.2 Å². The lowest BCUT2D eigenvalue weighted by Gasteiger charge is -2.25. The van der Waals surface area contributed by atoms with Crippen LogP contribution < -0.4 is 14.4 Å². The second-order valence-corrected chi connectivity index (χ2v) is 12.7. The fourth-order valence-corrected chi connectivity index (χ4v) is 6.75. The lowest BCUT2D eigenvalue weighted by atomic mass is 10.3. The number of rotatable bonds is 11. The van der Waals surface area contributed by atoms with Gasteiger partial charge in [-0.2, -0.15) is 0 Å². The largest absolute Gasteiger partial charge is 0.492 e. The Morgan fingerprint density at radius 1 is 1.15 bits per heavy atom. The molecule has 1 amide bonds. The molecular weight excluding hydrogens is 513 g/mol. The van der Waals surface area contributed by atoms with E-state index in [2.05, 4.69) is 15.5 Å². The molecular formula is C22H26N4O4S4. The molecule has 0 saturated carbocycles. The lowest BCUT2D eigenvalue weighted by Crippen LogP contribution is -2.38. The van der Waals surface area contributed by atoms with Crippen LogP contribution in [0.1, 0.15) is 20.8 Å². The van der Waals surface area contributed by atoms with Crippen molar-refractivity contribution in [3.8, 4) is 5.75 Å². The molecule has 2 aromatic carbocycles. The summed E-state index contributed by atoms with van der Waals surface area (Å²) in [5, 5.41) is 11.4. The number of amides is 1. The number of nitrogens with zero attached hydrogens (tertiary/aromatic N) is 3. The van der Waals surface area contributed by atoms with Crippen LogP contribution in [-0.4, -0.2) is 49.2 Å². The zero-order valence-electron chi connectivity index (χ0n) is 19.2. The maximum absolute atomic E-state index is 13.7. The van der Waals surface area contributed by atoms with Crippen molar-refractivity contribution in [1.29, 1.82) is 0 Å². The van der Waals surface area contributed by atoms with E-state index in [0.29, 0.717) is 22.7 Å². The van der Waals surface area contributed by atoms with Crippen LogP contribution in [0.4, 0.5) is 10.8 Å². The Bertz CT molecular complexity index is 1210. The number of carbonyl (C=O) groups excluding carboxylic acids is 1. The molecule has 3 aromatic rings. The van der Waals surface area contributed by atoms with E-state index in [1.54, 1.807) is 36.4 Å². The summed E-state index contributed by atoms with van der Waals surface area (Å²) in [6.07, 6.45) is 1.91. The van der Waals surface area contributed by atoms with Crippen LogP contribution in [0.5, 0.6) is 5.75 Å². The monoisotopic (exact) mass is 538 g/mol. The second kappa shape index (κ2) is 11.9. The molecule has 0 atom stereocenters. The van der Waals surface area contributed by atoms with Gasteiger partial charge >= 0.3 is 0 Å². The van der Waals surface area contributed by atoms with E-state index in [1.165, 1.54) is 47.0 Å². The number of anilines is 2. The van der Waals surface area contributed by atoms with E-state index >= 15 is 0 Å². The summed E-state index contributed by atoms with van der Waals surface area (Å²) < 4.78 is 34.8. The Morgan fingerprint density at radius 3 is 2.50 bits per heavy atom. The average Bonchev–Trinajstić information content (AvgIpc) is 3.24. The fraction of sp³-hybridized carbons (Fsp3) is 0.318. The van der Waals surface area contributed by atoms with Crippen LogP contribution in [0.15, 0.2) is 62.7 Å². The molecule has 3 rings (SSSR count). The van der Waals surface area contributed by atoms with Gasteiger partial charge in [0.2, 0.25) is 11.0 Å². The molecule has 0 unspecified atom stereocenters. The van der Waals surface area contributed by atoms with Gasteiger partial charge in [-0.05, 0) is 49.6 Å². The molecule has 0 saturated heterocycles. The highest BCUT2D eigenvalue weighted by atomic mass is 32.2. The first-order valence-electron chi connectivity index (χ1n) is 10.4. The molecule has 0 aliphatic heterocycles. The van der Waals surface area contributed by atoms with E-state index in [0.717, 1.165) is 13.5 Å². The van der Waals surface area contributed by atoms with E-state index in [-0.39, 0.29) is 10.6 Å². The van der Waals surface area contributed by atoms with Crippen molar-refractivity contribution in [2.45, 2.75) is 40.2 Å². The Balaban J connectivity index is 1.93. The van der Waals surface area contributed by atoms with Gasteiger partial charge in [-0.15, -0.1) is 22.0 Å². The van der Waals surface area contributed by atoms with Crippen molar-refractivity contribution in [2.75, 3.05) is 29.0 Å². The van der Waals surface area contributed by atoms with Crippen LogP contribution in [0.2, 0.25) is 0 Å². The summed E-state index contributed by atoms with van der Waals surface area (Å²) >= 11 is 4.30. The molecule has 0 aliphatic carbocycles. The minimum absolute atomic E-state index is 0.0796. The number of sulfonamides is 1. The highest BCUT2D eigenvalue weighted by molar-refractivity contribution is 8.01. The smallest absolute Gasteiger partial charge is 0.264 e. The van der Waals surface area contributed by atoms with Crippen molar-refractivity contribution in [2.24, 2.45) is 0 Å². The third kappa shape index (κ3) is 6.65. The Hall–Kier alpha value is -2.28. The van der Waals surface area contributed by atoms with Gasteiger partial charge < -0.3 is 4.74 Å². The minimum atomic E-state index is -4.07. The number of hydrogen-bond acceptors (Lipinski definition) is 9. The molecule has 1 aromatic heterocycles. The standard InChI is InChI=1S/C22H26N4O4S4/c1-5-30-19-9-7-6-8-18(19)26(34(28,29)17-12-10-16(31-4)11-13-17)14-20(27)23-21-24-25-22(33-21)32-15(2)3/h6-13,15H,5,14H2,1-4H3,(H,23,24,27). The maximum atomic E-state index is 13.7. The summed E-state index contributed by atoms with van der Waals surface area (Å²) in [6.45, 7) is 5.78. The van der Waals surface area contributed by atoms with Crippen molar-refractivity contribution in [1.82, 2.24) is 10.2 Å². The second-order valence-electron chi connectivity index (χ2n) is 7.18. The molecule has 0 bridgehead atoms. The third-order valence-electron chi connectivity index (χ3n) is 4.36. The fourth-order valence-electron chi connectivity index (χ4n) is 2.91. The number of thioether (sulfide) groups is 2. The normalized spacial score (nSPS) is 11.4. The van der Waals surface area contributed by atoms with E-state index < -0.39 is 22.5 Å². The van der Waals surface area contributed by atoms with Crippen molar-refractivity contribution in [3.63, 3.8) is 0 Å². The van der Waals surface area contributed by atoms with E-state index in [1.807, 2.05) is 27.0 Å². The van der Waals surface area contributed by atoms with Crippen LogP contribution in [0.25, 0.3) is 0 Å². The van der Waals surface area contributed by atoms with E-state index in [4.69, 9.17) is 4.74 Å². The van der Waals surface area contributed by atoms with Gasteiger partial charge in [-0.25, -0.2) is 8.42 Å². The molecule has 1 N–H and O–H groups in total. The Morgan fingerprint density at radius 2 is 1.85 bits per heavy atom. The van der Waals surface area contributed by atoms with Crippen LogP contribution in [0.3, 0.4) is 0 Å². The average molecular weight is 539 g/mol. The first-order chi connectivity index (χ1) is 16.2. The van der Waals surface area contributed by atoms with Crippen LogP contribution in [-0.2, 0) is 14.8 Å². The molecule has 1 heterocycles. The molecule has 12 heteroatoms. The van der Waals surface area contributed by atoms with Gasteiger partial charge in [-0.3, -0.25) is 14.4 Å². The van der Waals surface area contributed by atoms with Gasteiger partial charge in [0.1, 0.15) is 12.3 Å². The number of aromatic nitrogens is 2. The highest BCUT2D eigenvalue weighted by Gasteiger charge is 2.30. The predicted octanol–water partition coefficient (Wildman–Crippen LogP) is 4.99. The topological polar surface area (TPSA) is 101 Å². The minimum Gasteiger partial charge on any atom is -0.492 e. The first-order valence-corrected chi connectivity index (χ1v) is 14.8. The van der Waals surface area contributed by atoms with Crippen LogP contribution >= 0.6 is 34.9 Å². The zero-order chi connectivity index (χ0) is 24.7. The molecule has 0 spiro atoms. The highest BCUT2D eigenvalue weighted by Crippen LogP contribution is 2.33. The van der Waals surface area contributed by atoms with Gasteiger partial charge in [0.25, 0.3) is 10.0 Å². The van der Waals surface area contributed by atoms with Crippen molar-refractivity contribution in [3.05, 3.63) is 48.5 Å². The summed E-state index contributed by atoms with van der Waals surface area (Å²) in [6, 6.07) is 13.3. The number of nitrogens with one attached hydrogen (secondary N) is 1. The molecule has 0 fully saturated rings. The summed E-state index contributed by atoms with van der Waals surface area (Å²) in [5.41, 5.74) is 0.279. The first kappa shape index (κ1) is 26.3. The molecule has 182 valence electrons. The number of hydrogen-bond donors (Lipinski definition) is 1. The molecule has 0 radical (unpaired) electrons. The number of ether oxygens (including phenoxy) is 1. The van der Waals surface area contributed by atoms with Gasteiger partial charge in [-0.1, -0.05) is 49.1 Å². The maximum Gasteiger partial charge on any atom is 0.264 e. The van der Waals surface area contributed by atoms with Gasteiger partial charge in [0.15, 0.2) is 4.34 Å². The van der Waals surface area contributed by atoms with Gasteiger partial charge in [0.05, 0.1) is 17.2 Å². The predicted molar refractivity (Wildman–Crippen MR) is 140 cm³/mol. The lowest BCUT2D eigenvalue weighted by molar-refractivity contribution is -0.114. The van der Waals surface area contributed by atoms with Gasteiger partial charge in [0, 0.05) is 10.1 Å². The number of para-hydroxylation sites is 2. The summed E-state index contributed by atoms with van der Waals surface area (Å²) in [5.74, 6) is -0.165. The van der Waals surface area contributed by atoms with Crippen molar-refractivity contribution < 1.29 is 17.9 Å². The quantitative estimate of drug-likeness (QED) is 0.269. The summed E-state index contributed by atoms with van der Waals surface area (Å²) in [4.78, 5) is 14.0. The third-order valence-corrected chi connectivity index (χ3v) is 8.80. The molecule has 8 nitrogen and oxygen atoms in total. The molecule has 0 aliphatic rings. The molecule has 34 heavy (non-hydrogen) atoms. The Kier molecular flexibility index (Phi) is 9.23. The summed E-state index contributed by atoms with van der Waals surface area (Å²) in [7, 11) is -4.07.